The lowest BCUT2D eigenvalue weighted by Crippen LogP contribution is -1.94. The van der Waals surface area contributed by atoms with Crippen molar-refractivity contribution in [3.63, 3.8) is 0 Å². The Morgan fingerprint density at radius 2 is 2.22 bits per heavy atom. The Labute approximate surface area is 53.8 Å². The number of hydrogen-bond acceptors (Lipinski definition) is 2. The maximum absolute atomic E-state index is 8.94. The molecule has 1 aliphatic heterocycles. The second-order valence-electron chi connectivity index (χ2n) is 1.92. The van der Waals surface area contributed by atoms with Gasteiger partial charge in [-0.3, -0.25) is 0 Å². The predicted molar refractivity (Wildman–Crippen MR) is 34.7 cm³/mol. The van der Waals surface area contributed by atoms with Crippen molar-refractivity contribution in [1.29, 1.82) is 0 Å². The van der Waals surface area contributed by atoms with Gasteiger partial charge in [0.15, 0.2) is 5.76 Å². The molecule has 0 aliphatic carbocycles. The topological polar surface area (TPSA) is 29.5 Å². The molecule has 0 amide bonds. The third kappa shape index (κ3) is 0.964. The largest absolute Gasteiger partial charge is 0.504 e. The summed E-state index contributed by atoms with van der Waals surface area (Å²) in [5.41, 5.74) is 1.48. The Morgan fingerprint density at radius 3 is 2.67 bits per heavy atom. The second-order valence-corrected chi connectivity index (χ2v) is 1.92. The molecule has 0 aromatic carbocycles. The van der Waals surface area contributed by atoms with Crippen LogP contribution in [0.5, 0.6) is 0 Å². The zero-order valence-corrected chi connectivity index (χ0v) is 5.22. The Hall–Kier alpha value is -1.18. The number of rotatable bonds is 0. The Kier molecular flexibility index (Phi) is 1.30. The molecule has 0 aromatic heterocycles. The first-order chi connectivity index (χ1) is 4.22. The molecule has 0 bridgehead atoms. The highest BCUT2D eigenvalue weighted by Gasteiger charge is 2.06. The van der Waals surface area contributed by atoms with E-state index in [4.69, 9.17) is 9.84 Å². The van der Waals surface area contributed by atoms with E-state index in [0.717, 1.165) is 5.57 Å². The number of aliphatic hydroxyl groups excluding tert-OH is 1. The van der Waals surface area contributed by atoms with Crippen LogP contribution in [-0.2, 0) is 4.74 Å². The van der Waals surface area contributed by atoms with Gasteiger partial charge in [0.05, 0.1) is 6.26 Å². The lowest BCUT2D eigenvalue weighted by atomic mass is 10.1. The fourth-order valence-corrected chi connectivity index (χ4v) is 0.545. The highest BCUT2D eigenvalue weighted by molar-refractivity contribution is 5.40. The van der Waals surface area contributed by atoms with Crippen LogP contribution in [0.25, 0.3) is 0 Å². The van der Waals surface area contributed by atoms with E-state index in [1.54, 1.807) is 6.26 Å². The maximum Gasteiger partial charge on any atom is 0.157 e. The van der Waals surface area contributed by atoms with E-state index in [1.165, 1.54) is 6.26 Å². The van der Waals surface area contributed by atoms with E-state index in [0.29, 0.717) is 5.57 Å². The van der Waals surface area contributed by atoms with Gasteiger partial charge in [-0.05, 0) is 12.5 Å². The molecule has 0 aromatic rings. The summed E-state index contributed by atoms with van der Waals surface area (Å²) in [5.74, 6) is 0.106. The van der Waals surface area contributed by atoms with Crippen molar-refractivity contribution < 1.29 is 9.84 Å². The average molecular weight is 124 g/mol. The van der Waals surface area contributed by atoms with Crippen LogP contribution in [0.3, 0.4) is 0 Å². The van der Waals surface area contributed by atoms with Crippen LogP contribution < -0.4 is 0 Å². The van der Waals surface area contributed by atoms with Gasteiger partial charge in [-0.15, -0.1) is 0 Å². The molecule has 9 heavy (non-hydrogen) atoms. The van der Waals surface area contributed by atoms with Crippen molar-refractivity contribution in [2.24, 2.45) is 0 Å². The summed E-state index contributed by atoms with van der Waals surface area (Å²) in [5, 5.41) is 8.94. The third-order valence-corrected chi connectivity index (χ3v) is 1.21. The van der Waals surface area contributed by atoms with E-state index in [1.807, 2.05) is 6.92 Å². The molecule has 48 valence electrons. The molecule has 2 heteroatoms. The molecule has 2 nitrogen and oxygen atoms in total. The minimum absolute atomic E-state index is 0.106. The van der Waals surface area contributed by atoms with Crippen LogP contribution >= 0.6 is 0 Å². The van der Waals surface area contributed by atoms with Gasteiger partial charge in [0.25, 0.3) is 0 Å². The van der Waals surface area contributed by atoms with Crippen molar-refractivity contribution in [1.82, 2.24) is 0 Å². The van der Waals surface area contributed by atoms with Crippen LogP contribution in [0, 0.1) is 0 Å². The first-order valence-corrected chi connectivity index (χ1v) is 2.63. The van der Waals surface area contributed by atoms with Crippen molar-refractivity contribution in [3.8, 4) is 0 Å². The van der Waals surface area contributed by atoms with E-state index in [2.05, 4.69) is 6.58 Å². The molecule has 1 N–H and O–H groups in total. The smallest absolute Gasteiger partial charge is 0.157 e. The SMILES string of the molecule is C=C1C(C)=COC=C1O. The molecule has 0 radical (unpaired) electrons. The summed E-state index contributed by atoms with van der Waals surface area (Å²) in [6.45, 7) is 5.43. The number of aliphatic hydroxyl groups is 1. The summed E-state index contributed by atoms with van der Waals surface area (Å²) in [4.78, 5) is 0. The first kappa shape index (κ1) is 5.95. The maximum atomic E-state index is 8.94. The molecular weight excluding hydrogens is 116 g/mol. The van der Waals surface area contributed by atoms with E-state index in [9.17, 15) is 0 Å². The zero-order chi connectivity index (χ0) is 6.85. The summed E-state index contributed by atoms with van der Waals surface area (Å²) in [7, 11) is 0. The van der Waals surface area contributed by atoms with E-state index in [-0.39, 0.29) is 5.76 Å². The fourth-order valence-electron chi connectivity index (χ4n) is 0.545. The van der Waals surface area contributed by atoms with Crippen molar-refractivity contribution in [2.75, 3.05) is 0 Å². The van der Waals surface area contributed by atoms with Gasteiger partial charge in [0.2, 0.25) is 0 Å². The van der Waals surface area contributed by atoms with Gasteiger partial charge in [0.1, 0.15) is 6.26 Å². The zero-order valence-electron chi connectivity index (χ0n) is 5.22. The highest BCUT2D eigenvalue weighted by atomic mass is 16.5. The van der Waals surface area contributed by atoms with E-state index >= 15 is 0 Å². The molecular formula is C7H8O2. The Morgan fingerprint density at radius 1 is 1.56 bits per heavy atom. The monoisotopic (exact) mass is 124 g/mol. The second kappa shape index (κ2) is 1.97. The first-order valence-electron chi connectivity index (χ1n) is 2.63. The minimum Gasteiger partial charge on any atom is -0.504 e. The number of hydrogen-bond donors (Lipinski definition) is 1. The highest BCUT2D eigenvalue weighted by Crippen LogP contribution is 2.18. The van der Waals surface area contributed by atoms with Gasteiger partial charge < -0.3 is 9.84 Å². The summed E-state index contributed by atoms with van der Waals surface area (Å²) in [6.07, 6.45) is 2.80. The molecule has 0 unspecified atom stereocenters. The summed E-state index contributed by atoms with van der Waals surface area (Å²) in [6, 6.07) is 0. The molecule has 0 saturated carbocycles. The van der Waals surface area contributed by atoms with Gasteiger partial charge in [0, 0.05) is 5.57 Å². The van der Waals surface area contributed by atoms with Crippen LogP contribution in [0.2, 0.25) is 0 Å². The van der Waals surface area contributed by atoms with Gasteiger partial charge in [-0.1, -0.05) is 6.58 Å². The van der Waals surface area contributed by atoms with Crippen LogP contribution in [-0.4, -0.2) is 5.11 Å². The molecule has 1 heterocycles. The molecule has 0 fully saturated rings. The molecule has 0 atom stereocenters. The van der Waals surface area contributed by atoms with Crippen LogP contribution in [0.1, 0.15) is 6.92 Å². The molecule has 1 aliphatic rings. The van der Waals surface area contributed by atoms with Gasteiger partial charge >= 0.3 is 0 Å². The average Bonchev–Trinajstić information content (AvgIpc) is 1.83. The standard InChI is InChI=1S/C7H8O2/c1-5-3-9-4-7(8)6(5)2/h3-4,8H,2H2,1H3. The van der Waals surface area contributed by atoms with Gasteiger partial charge in [-0.2, -0.15) is 0 Å². The van der Waals surface area contributed by atoms with Crippen LogP contribution in [0.15, 0.2) is 36.0 Å². The van der Waals surface area contributed by atoms with Crippen LogP contribution in [0.4, 0.5) is 0 Å². The molecule has 0 spiro atoms. The Balaban J connectivity index is 2.86. The lowest BCUT2D eigenvalue weighted by molar-refractivity contribution is 0.330. The van der Waals surface area contributed by atoms with E-state index < -0.39 is 0 Å². The summed E-state index contributed by atoms with van der Waals surface area (Å²) >= 11 is 0. The normalized spacial score (nSPS) is 18.1. The van der Waals surface area contributed by atoms with Gasteiger partial charge in [-0.25, -0.2) is 0 Å². The molecule has 1 rings (SSSR count). The predicted octanol–water partition coefficient (Wildman–Crippen LogP) is 1.88. The fraction of sp³-hybridized carbons (Fsp3) is 0.143. The summed E-state index contributed by atoms with van der Waals surface area (Å²) < 4.78 is 4.73. The lowest BCUT2D eigenvalue weighted by Gasteiger charge is -2.08. The quantitative estimate of drug-likeness (QED) is 0.534. The van der Waals surface area contributed by atoms with Crippen molar-refractivity contribution in [2.45, 2.75) is 6.92 Å². The van der Waals surface area contributed by atoms with Crippen molar-refractivity contribution >= 4 is 0 Å². The number of allylic oxidation sites excluding steroid dienone is 1. The molecule has 0 saturated heterocycles. The minimum atomic E-state index is 0.106. The third-order valence-electron chi connectivity index (χ3n) is 1.21. The Bertz CT molecular complexity index is 179. The number of ether oxygens (including phenoxy) is 1. The van der Waals surface area contributed by atoms with Crippen molar-refractivity contribution in [3.05, 3.63) is 36.0 Å².